The maximum atomic E-state index is 13.0. The van der Waals surface area contributed by atoms with Crippen molar-refractivity contribution in [3.05, 3.63) is 72.0 Å². The predicted molar refractivity (Wildman–Crippen MR) is 118 cm³/mol. The largest absolute Gasteiger partial charge is 0.497 e. The lowest BCUT2D eigenvalue weighted by Gasteiger charge is -2.37. The molecule has 0 spiro atoms. The molecular weight excluding hydrogens is 425 g/mol. The van der Waals surface area contributed by atoms with Crippen molar-refractivity contribution in [2.75, 3.05) is 38.2 Å². The first-order valence-electron chi connectivity index (χ1n) is 9.81. The van der Waals surface area contributed by atoms with Crippen LogP contribution in [0.4, 0.5) is 18.9 Å². The molecule has 0 saturated carbocycles. The summed E-state index contributed by atoms with van der Waals surface area (Å²) in [5.41, 5.74) is 0.856. The van der Waals surface area contributed by atoms with Crippen LogP contribution >= 0.6 is 12.2 Å². The van der Waals surface area contributed by atoms with E-state index < -0.39 is 11.7 Å². The molecule has 0 aliphatic carbocycles. The summed E-state index contributed by atoms with van der Waals surface area (Å²) in [6.07, 6.45) is -4.35. The Balaban J connectivity index is 1.40. The summed E-state index contributed by atoms with van der Waals surface area (Å²) >= 11 is 5.61. The number of nitrogens with zero attached hydrogens (tertiary/aromatic N) is 2. The van der Waals surface area contributed by atoms with Gasteiger partial charge >= 0.3 is 6.18 Å². The molecular formula is C23H21F3N2O2S. The van der Waals surface area contributed by atoms with Crippen LogP contribution in [0.25, 0.3) is 11.3 Å². The van der Waals surface area contributed by atoms with Gasteiger partial charge in [-0.3, -0.25) is 0 Å². The first kappa shape index (κ1) is 21.2. The first-order chi connectivity index (χ1) is 14.8. The summed E-state index contributed by atoms with van der Waals surface area (Å²) in [5.74, 6) is 2.08. The Morgan fingerprint density at radius 3 is 2.32 bits per heavy atom. The van der Waals surface area contributed by atoms with Gasteiger partial charge in [0.25, 0.3) is 0 Å². The van der Waals surface area contributed by atoms with Crippen molar-refractivity contribution in [1.82, 2.24) is 4.90 Å². The van der Waals surface area contributed by atoms with Crippen molar-refractivity contribution in [3.63, 3.8) is 0 Å². The zero-order chi connectivity index (χ0) is 22.0. The Bertz CT molecular complexity index is 1060. The normalized spacial score (nSPS) is 14.6. The highest BCUT2D eigenvalue weighted by Crippen LogP contribution is 2.32. The molecule has 0 amide bonds. The van der Waals surface area contributed by atoms with Crippen molar-refractivity contribution in [2.24, 2.45) is 0 Å². The fourth-order valence-corrected chi connectivity index (χ4v) is 3.86. The first-order valence-corrected chi connectivity index (χ1v) is 10.2. The molecule has 4 nitrogen and oxygen atoms in total. The van der Waals surface area contributed by atoms with Crippen LogP contribution in [-0.4, -0.2) is 43.2 Å². The lowest BCUT2D eigenvalue weighted by atomic mass is 10.1. The van der Waals surface area contributed by atoms with E-state index in [1.54, 1.807) is 13.2 Å². The van der Waals surface area contributed by atoms with E-state index in [4.69, 9.17) is 21.4 Å². The topological polar surface area (TPSA) is 28.9 Å². The van der Waals surface area contributed by atoms with E-state index >= 15 is 0 Å². The lowest BCUT2D eigenvalue weighted by Crippen LogP contribution is -2.48. The van der Waals surface area contributed by atoms with Gasteiger partial charge in [0.2, 0.25) is 0 Å². The molecule has 1 aliphatic rings. The molecule has 4 rings (SSSR count). The number of hydrogen-bond acceptors (Lipinski definition) is 4. The Morgan fingerprint density at radius 2 is 1.68 bits per heavy atom. The molecule has 2 heterocycles. The number of anilines is 1. The summed E-state index contributed by atoms with van der Waals surface area (Å²) in [7, 11) is 1.62. The molecule has 31 heavy (non-hydrogen) atoms. The molecule has 2 aromatic carbocycles. The summed E-state index contributed by atoms with van der Waals surface area (Å²) in [4.78, 5) is 4.57. The predicted octanol–water partition coefficient (Wildman–Crippen LogP) is 5.47. The van der Waals surface area contributed by atoms with Crippen LogP contribution < -0.4 is 9.64 Å². The van der Waals surface area contributed by atoms with Gasteiger partial charge in [0.05, 0.1) is 12.7 Å². The van der Waals surface area contributed by atoms with E-state index in [0.717, 1.165) is 17.4 Å². The average Bonchev–Trinajstić information content (AvgIpc) is 3.28. The van der Waals surface area contributed by atoms with E-state index in [9.17, 15) is 13.2 Å². The number of furan rings is 1. The van der Waals surface area contributed by atoms with Crippen molar-refractivity contribution >= 4 is 22.9 Å². The van der Waals surface area contributed by atoms with Crippen LogP contribution in [0.1, 0.15) is 11.3 Å². The zero-order valence-corrected chi connectivity index (χ0v) is 17.7. The van der Waals surface area contributed by atoms with E-state index in [0.29, 0.717) is 48.4 Å². The monoisotopic (exact) mass is 446 g/mol. The Labute approximate surface area is 183 Å². The van der Waals surface area contributed by atoms with Crippen molar-refractivity contribution in [2.45, 2.75) is 6.18 Å². The van der Waals surface area contributed by atoms with Gasteiger partial charge in [0, 0.05) is 37.4 Å². The maximum absolute atomic E-state index is 13.0. The molecule has 1 aliphatic heterocycles. The molecule has 0 unspecified atom stereocenters. The highest BCUT2D eigenvalue weighted by Gasteiger charge is 2.31. The molecule has 0 N–H and O–H groups in total. The number of alkyl halides is 3. The number of methoxy groups -OCH3 is 1. The lowest BCUT2D eigenvalue weighted by molar-refractivity contribution is -0.137. The number of benzene rings is 2. The summed E-state index contributed by atoms with van der Waals surface area (Å²) in [6.45, 7) is 2.36. The molecule has 1 saturated heterocycles. The Hall–Kier alpha value is -3.00. The van der Waals surface area contributed by atoms with Gasteiger partial charge in [-0.05, 0) is 54.6 Å². The molecule has 8 heteroatoms. The van der Waals surface area contributed by atoms with Crippen LogP contribution in [0.3, 0.4) is 0 Å². The summed E-state index contributed by atoms with van der Waals surface area (Å²) in [6, 6.07) is 16.7. The van der Waals surface area contributed by atoms with Gasteiger partial charge < -0.3 is 19.0 Å². The van der Waals surface area contributed by atoms with Crippen LogP contribution in [0.5, 0.6) is 5.75 Å². The third-order valence-electron chi connectivity index (χ3n) is 5.30. The van der Waals surface area contributed by atoms with E-state index in [-0.39, 0.29) is 0 Å². The molecule has 0 bridgehead atoms. The van der Waals surface area contributed by atoms with Crippen LogP contribution in [0, 0.1) is 0 Å². The number of ether oxygens (including phenoxy) is 1. The molecule has 0 radical (unpaired) electrons. The van der Waals surface area contributed by atoms with Crippen molar-refractivity contribution < 1.29 is 22.3 Å². The van der Waals surface area contributed by atoms with Crippen LogP contribution in [0.15, 0.2) is 65.1 Å². The van der Waals surface area contributed by atoms with Crippen LogP contribution in [0.2, 0.25) is 0 Å². The van der Waals surface area contributed by atoms with E-state index in [1.807, 2.05) is 46.2 Å². The second kappa shape index (κ2) is 8.63. The average molecular weight is 446 g/mol. The number of piperazine rings is 1. The Kier molecular flexibility index (Phi) is 5.91. The minimum atomic E-state index is -4.35. The SMILES string of the molecule is COc1ccc(-c2ccc(C(=S)N3CCN(c4cccc(C(F)(F)F)c4)CC3)o2)cc1. The summed E-state index contributed by atoms with van der Waals surface area (Å²) in [5, 5.41) is 0. The number of thiocarbonyl (C=S) groups is 1. The smallest absolute Gasteiger partial charge is 0.416 e. The number of hydrogen-bond donors (Lipinski definition) is 0. The minimum Gasteiger partial charge on any atom is -0.497 e. The highest BCUT2D eigenvalue weighted by molar-refractivity contribution is 7.80. The standard InChI is InChI=1S/C23H21F3N2O2S/c1-29-19-7-5-16(6-8-19)20-9-10-21(30-20)22(31)28-13-11-27(12-14-28)18-4-2-3-17(15-18)23(24,25)26/h2-10,15H,11-14H2,1H3. The molecule has 3 aromatic rings. The van der Waals surface area contributed by atoms with Gasteiger partial charge in [-0.1, -0.05) is 18.3 Å². The zero-order valence-electron chi connectivity index (χ0n) is 16.9. The maximum Gasteiger partial charge on any atom is 0.416 e. The molecule has 1 fully saturated rings. The van der Waals surface area contributed by atoms with Crippen LogP contribution in [-0.2, 0) is 6.18 Å². The third kappa shape index (κ3) is 4.69. The second-order valence-corrected chi connectivity index (χ2v) is 7.61. The minimum absolute atomic E-state index is 0.570. The fraction of sp³-hybridized carbons (Fsp3) is 0.261. The van der Waals surface area contributed by atoms with Gasteiger partial charge in [0.1, 0.15) is 16.5 Å². The summed E-state index contributed by atoms with van der Waals surface area (Å²) < 4.78 is 50.1. The van der Waals surface area contributed by atoms with Gasteiger partial charge in [0.15, 0.2) is 5.76 Å². The molecule has 1 aromatic heterocycles. The Morgan fingerprint density at radius 1 is 0.968 bits per heavy atom. The van der Waals surface area contributed by atoms with Gasteiger partial charge in [-0.15, -0.1) is 0 Å². The second-order valence-electron chi connectivity index (χ2n) is 7.22. The fourth-order valence-electron chi connectivity index (χ4n) is 3.57. The van der Waals surface area contributed by atoms with Crippen molar-refractivity contribution in [3.8, 4) is 17.1 Å². The van der Waals surface area contributed by atoms with Crippen molar-refractivity contribution in [1.29, 1.82) is 0 Å². The number of halogens is 3. The van der Waals surface area contributed by atoms with E-state index in [1.165, 1.54) is 12.1 Å². The quantitative estimate of drug-likeness (QED) is 0.496. The molecule has 0 atom stereocenters. The highest BCUT2D eigenvalue weighted by atomic mass is 32.1. The van der Waals surface area contributed by atoms with Gasteiger partial charge in [-0.25, -0.2) is 0 Å². The van der Waals surface area contributed by atoms with E-state index in [2.05, 4.69) is 0 Å². The number of rotatable bonds is 4. The third-order valence-corrected chi connectivity index (χ3v) is 5.76. The van der Waals surface area contributed by atoms with Gasteiger partial charge in [-0.2, -0.15) is 13.2 Å². The molecule has 162 valence electrons.